The molecule has 8 nitrogen and oxygen atoms in total. The van der Waals surface area contributed by atoms with Crippen LogP contribution in [0, 0.1) is 0 Å². The zero-order valence-electron chi connectivity index (χ0n) is 28.5. The molecule has 2 aromatic heterocycles. The molecule has 16 heteroatoms. The smallest absolute Gasteiger partial charge is 0.416 e. The first kappa shape index (κ1) is 38.6. The molecule has 1 aliphatic carbocycles. The van der Waals surface area contributed by atoms with E-state index in [0.29, 0.717) is 43.5 Å². The van der Waals surface area contributed by atoms with Crippen LogP contribution in [0.15, 0.2) is 67.1 Å². The number of halogens is 8. The monoisotopic (exact) mass is 780 g/mol. The molecule has 2 fully saturated rings. The summed E-state index contributed by atoms with van der Waals surface area (Å²) in [6.45, 7) is 1.87. The van der Waals surface area contributed by atoms with Crippen LogP contribution in [-0.4, -0.2) is 50.6 Å². The van der Waals surface area contributed by atoms with Gasteiger partial charge in [-0.2, -0.15) is 31.3 Å². The van der Waals surface area contributed by atoms with Crippen molar-refractivity contribution in [2.75, 3.05) is 16.3 Å². The van der Waals surface area contributed by atoms with Gasteiger partial charge in [-0.15, -0.1) is 0 Å². The molecule has 2 aromatic carbocycles. The van der Waals surface area contributed by atoms with Crippen molar-refractivity contribution in [3.8, 4) is 0 Å². The number of esters is 1. The van der Waals surface area contributed by atoms with Crippen LogP contribution in [0.25, 0.3) is 0 Å². The third-order valence-electron chi connectivity index (χ3n) is 9.86. The molecule has 4 atom stereocenters. The number of aromatic nitrogens is 4. The fraction of sp³-hybridized carbons (Fsp3) is 0.432. The van der Waals surface area contributed by atoms with Crippen LogP contribution in [0.2, 0.25) is 10.3 Å². The Balaban J connectivity index is 1.27. The molecule has 6 rings (SSSR count). The number of hydrogen-bond donors (Lipinski definition) is 0. The zero-order valence-corrected chi connectivity index (χ0v) is 30.1. The predicted molar refractivity (Wildman–Crippen MR) is 188 cm³/mol. The van der Waals surface area contributed by atoms with Gasteiger partial charge in [0, 0.05) is 31.5 Å². The average molecular weight is 782 g/mol. The molecular weight excluding hydrogens is 745 g/mol. The molecule has 2 unspecified atom stereocenters. The minimum absolute atomic E-state index is 0.0266. The second kappa shape index (κ2) is 16.1. The summed E-state index contributed by atoms with van der Waals surface area (Å²) in [6, 6.07) is 9.76. The molecule has 1 saturated carbocycles. The molecule has 53 heavy (non-hydrogen) atoms. The molecular formula is C37H36Cl2F6N6O2. The molecule has 0 amide bonds. The lowest BCUT2D eigenvalue weighted by molar-refractivity contribution is -0.143. The van der Waals surface area contributed by atoms with Crippen LogP contribution < -0.4 is 9.80 Å². The second-order valence-electron chi connectivity index (χ2n) is 13.4. The molecule has 282 valence electrons. The minimum Gasteiger partial charge on any atom is -0.459 e. The third kappa shape index (κ3) is 9.32. The van der Waals surface area contributed by atoms with E-state index in [1.54, 1.807) is 41.6 Å². The number of rotatable bonds is 9. The number of benzene rings is 2. The van der Waals surface area contributed by atoms with Gasteiger partial charge in [0.2, 0.25) is 11.2 Å². The summed E-state index contributed by atoms with van der Waals surface area (Å²) in [7, 11) is 0. The van der Waals surface area contributed by atoms with E-state index in [4.69, 9.17) is 27.9 Å². The number of nitrogens with zero attached hydrogens (tertiary/aromatic N) is 6. The van der Waals surface area contributed by atoms with E-state index in [0.717, 1.165) is 30.5 Å². The number of anilines is 2. The van der Waals surface area contributed by atoms with E-state index in [1.807, 2.05) is 17.9 Å². The maximum atomic E-state index is 13.8. The Bertz CT molecular complexity index is 1850. The van der Waals surface area contributed by atoms with Crippen molar-refractivity contribution in [3.63, 3.8) is 0 Å². The summed E-state index contributed by atoms with van der Waals surface area (Å²) < 4.78 is 88.9. The molecule has 0 N–H and O–H groups in total. The van der Waals surface area contributed by atoms with E-state index in [9.17, 15) is 31.1 Å². The van der Waals surface area contributed by atoms with Gasteiger partial charge in [-0.1, -0.05) is 36.7 Å². The van der Waals surface area contributed by atoms with E-state index in [-0.39, 0.29) is 65.0 Å². The van der Waals surface area contributed by atoms with Crippen molar-refractivity contribution in [1.29, 1.82) is 0 Å². The normalized spacial score (nSPS) is 21.0. The highest BCUT2D eigenvalue weighted by molar-refractivity contribution is 6.33. The number of hydrogen-bond acceptors (Lipinski definition) is 8. The fourth-order valence-electron chi connectivity index (χ4n) is 7.18. The Kier molecular flexibility index (Phi) is 11.7. The van der Waals surface area contributed by atoms with Crippen LogP contribution in [0.4, 0.5) is 38.1 Å². The summed E-state index contributed by atoms with van der Waals surface area (Å²) >= 11 is 12.5. The van der Waals surface area contributed by atoms with Gasteiger partial charge in [0.25, 0.3) is 0 Å². The van der Waals surface area contributed by atoms with Crippen LogP contribution in [0.3, 0.4) is 0 Å². The highest BCUT2D eigenvalue weighted by Crippen LogP contribution is 2.39. The van der Waals surface area contributed by atoms with Gasteiger partial charge in [-0.3, -0.25) is 0 Å². The van der Waals surface area contributed by atoms with Crippen LogP contribution in [0.1, 0.15) is 90.4 Å². The average Bonchev–Trinajstić information content (AvgIpc) is 3.42. The maximum absolute atomic E-state index is 13.8. The van der Waals surface area contributed by atoms with E-state index >= 15 is 0 Å². The lowest BCUT2D eigenvalue weighted by atomic mass is 9.94. The van der Waals surface area contributed by atoms with Gasteiger partial charge in [0.1, 0.15) is 11.1 Å². The molecule has 2 aliphatic rings. The van der Waals surface area contributed by atoms with Crippen LogP contribution in [-0.2, 0) is 23.6 Å². The third-order valence-corrected chi connectivity index (χ3v) is 10.3. The molecule has 4 aromatic rings. The van der Waals surface area contributed by atoms with Gasteiger partial charge < -0.3 is 14.5 Å². The van der Waals surface area contributed by atoms with Gasteiger partial charge in [-0.25, -0.2) is 19.7 Å². The highest BCUT2D eigenvalue weighted by Gasteiger charge is 2.40. The van der Waals surface area contributed by atoms with Crippen LogP contribution >= 0.6 is 23.2 Å². The molecule has 3 heterocycles. The quantitative estimate of drug-likeness (QED) is 0.0719. The van der Waals surface area contributed by atoms with E-state index in [2.05, 4.69) is 19.9 Å². The van der Waals surface area contributed by atoms with Gasteiger partial charge in [-0.05, 0) is 104 Å². The standard InChI is InChI=1S/C37H36Cl2F6N6O2/c1-2-28-16-29(21-50(28)32-31(38)19-46-34(39)49-32)51(20-22-13-26(36(40,41)42)15-27(14-22)37(43,44)45)35-47-17-25(18-48-35)23-9-6-10-30(12-11-23)53-33(52)24-7-4-3-5-8-24/h3-5,7-8,13-15,17-19,23,28-30H,2,6,9-12,16,20-21H2,1H3/t23?,28-,29+,30?/m1/s1. The minimum atomic E-state index is -5.00. The lowest BCUT2D eigenvalue weighted by Crippen LogP contribution is -2.39. The number of ether oxygens (including phenoxy) is 1. The van der Waals surface area contributed by atoms with Crippen LogP contribution in [0.5, 0.6) is 0 Å². The predicted octanol–water partition coefficient (Wildman–Crippen LogP) is 9.95. The fourth-order valence-corrected chi connectivity index (χ4v) is 7.50. The summed E-state index contributed by atoms with van der Waals surface area (Å²) in [6.07, 6.45) is -0.814. The van der Waals surface area contributed by atoms with Crippen molar-refractivity contribution in [2.45, 2.75) is 94.9 Å². The summed E-state index contributed by atoms with van der Waals surface area (Å²) in [5.74, 6) is 0.214. The largest absolute Gasteiger partial charge is 0.459 e. The Morgan fingerprint density at radius 3 is 2.23 bits per heavy atom. The van der Waals surface area contributed by atoms with Gasteiger partial charge in [0.05, 0.1) is 28.9 Å². The first-order valence-electron chi connectivity index (χ1n) is 17.3. The molecule has 0 spiro atoms. The second-order valence-corrected chi connectivity index (χ2v) is 14.1. The first-order chi connectivity index (χ1) is 25.2. The summed E-state index contributed by atoms with van der Waals surface area (Å²) in [5, 5.41) is 0.218. The van der Waals surface area contributed by atoms with Crippen molar-refractivity contribution in [3.05, 3.63) is 105 Å². The zero-order chi connectivity index (χ0) is 37.9. The van der Waals surface area contributed by atoms with Crippen molar-refractivity contribution in [1.82, 2.24) is 19.9 Å². The molecule has 0 bridgehead atoms. The van der Waals surface area contributed by atoms with Gasteiger partial charge in [0.15, 0.2) is 5.82 Å². The number of alkyl halides is 6. The maximum Gasteiger partial charge on any atom is 0.416 e. The Hall–Kier alpha value is -4.17. The number of carbonyl (C=O) groups excluding carboxylic acids is 1. The lowest BCUT2D eigenvalue weighted by Gasteiger charge is -2.30. The first-order valence-corrected chi connectivity index (χ1v) is 18.0. The van der Waals surface area contributed by atoms with Gasteiger partial charge >= 0.3 is 18.3 Å². The van der Waals surface area contributed by atoms with Crippen molar-refractivity contribution >= 4 is 40.9 Å². The van der Waals surface area contributed by atoms with E-state index < -0.39 is 29.5 Å². The van der Waals surface area contributed by atoms with Crippen molar-refractivity contribution in [2.24, 2.45) is 0 Å². The highest BCUT2D eigenvalue weighted by atomic mass is 35.5. The molecule has 0 radical (unpaired) electrons. The topological polar surface area (TPSA) is 84.3 Å². The summed E-state index contributed by atoms with van der Waals surface area (Å²) in [5.41, 5.74) is -1.68. The Labute approximate surface area is 312 Å². The molecule has 1 saturated heterocycles. The summed E-state index contributed by atoms with van der Waals surface area (Å²) in [4.78, 5) is 33.7. The molecule has 1 aliphatic heterocycles. The van der Waals surface area contributed by atoms with E-state index in [1.165, 1.54) is 6.20 Å². The Morgan fingerprint density at radius 2 is 1.58 bits per heavy atom. The SMILES string of the molecule is CC[C@@H]1C[C@H](N(Cc2cc(C(F)(F)F)cc(C(F)(F)F)c2)c2ncc(C3CCCC(OC(=O)c4ccccc4)CC3)cn2)CN1c1nc(Cl)ncc1Cl. The van der Waals surface area contributed by atoms with Crippen molar-refractivity contribution < 1.29 is 35.9 Å². The number of carbonyl (C=O) groups is 1. The Morgan fingerprint density at radius 1 is 0.906 bits per heavy atom.